The first-order valence-corrected chi connectivity index (χ1v) is 5.24. The summed E-state index contributed by atoms with van der Waals surface area (Å²) in [6, 6.07) is 12.8. The Kier molecular flexibility index (Phi) is 5.22. The minimum absolute atomic E-state index is 0. The van der Waals surface area contributed by atoms with Gasteiger partial charge in [0.2, 0.25) is 0 Å². The molecule has 0 aliphatic heterocycles. The van der Waals surface area contributed by atoms with Gasteiger partial charge in [0, 0.05) is 34.6 Å². The largest absolute Gasteiger partial charge is 0.507 e. The fraction of sp³-hybridized carbons (Fsp3) is 0. The van der Waals surface area contributed by atoms with Crippen molar-refractivity contribution in [1.29, 1.82) is 0 Å². The van der Waals surface area contributed by atoms with Crippen LogP contribution in [0.1, 0.15) is 5.56 Å². The van der Waals surface area contributed by atoms with Crippen LogP contribution in [0, 0.1) is 10.1 Å². The molecule has 6 heteroatoms. The van der Waals surface area contributed by atoms with Crippen LogP contribution in [-0.4, -0.2) is 16.2 Å². The molecule has 0 saturated carbocycles. The number of aromatic hydroxyl groups is 1. The molecule has 0 aromatic heterocycles. The van der Waals surface area contributed by atoms with Crippen LogP contribution >= 0.6 is 0 Å². The molecule has 99 valence electrons. The van der Waals surface area contributed by atoms with Crippen LogP contribution in [0.15, 0.2) is 53.5 Å². The van der Waals surface area contributed by atoms with Crippen molar-refractivity contribution in [3.63, 3.8) is 0 Å². The van der Waals surface area contributed by atoms with Gasteiger partial charge in [0.1, 0.15) is 11.4 Å². The molecule has 1 N–H and O–H groups in total. The van der Waals surface area contributed by atoms with Crippen molar-refractivity contribution < 1.29 is 26.8 Å². The van der Waals surface area contributed by atoms with Crippen molar-refractivity contribution in [2.24, 2.45) is 4.99 Å². The first kappa shape index (κ1) is 14.9. The van der Waals surface area contributed by atoms with E-state index in [1.807, 2.05) is 0 Å². The minimum Gasteiger partial charge on any atom is -0.507 e. The quantitative estimate of drug-likeness (QED) is 0.538. The number of hydrogen-bond donors (Lipinski definition) is 1. The van der Waals surface area contributed by atoms with E-state index < -0.39 is 4.92 Å². The number of nitro benzene ring substituents is 1. The Labute approximate surface area is 120 Å². The first-order chi connectivity index (χ1) is 8.68. The fourth-order valence-corrected chi connectivity index (χ4v) is 1.46. The molecule has 0 unspecified atom stereocenters. The summed E-state index contributed by atoms with van der Waals surface area (Å²) in [5, 5.41) is 20.3. The standard InChI is InChI=1S/C13H10N2O3.Co/c16-13-8-4-1-5-10(13)9-14-11-6-2-3-7-12(11)15(17)18;/h1-9,16H;. The molecule has 0 aliphatic rings. The summed E-state index contributed by atoms with van der Waals surface area (Å²) in [6.07, 6.45) is 1.40. The summed E-state index contributed by atoms with van der Waals surface area (Å²) < 4.78 is 0. The topological polar surface area (TPSA) is 75.7 Å². The molecule has 5 nitrogen and oxygen atoms in total. The van der Waals surface area contributed by atoms with Gasteiger partial charge in [-0.05, 0) is 18.2 Å². The second kappa shape index (κ2) is 6.67. The van der Waals surface area contributed by atoms with Crippen LogP contribution in [0.25, 0.3) is 0 Å². The van der Waals surface area contributed by atoms with E-state index >= 15 is 0 Å². The van der Waals surface area contributed by atoms with Crippen molar-refractivity contribution in [3.05, 3.63) is 64.2 Å². The summed E-state index contributed by atoms with van der Waals surface area (Å²) in [4.78, 5) is 14.3. The molecule has 0 spiro atoms. The molecule has 0 heterocycles. The van der Waals surface area contributed by atoms with Gasteiger partial charge in [-0.25, -0.2) is 4.99 Å². The van der Waals surface area contributed by atoms with Crippen molar-refractivity contribution >= 4 is 17.6 Å². The maximum absolute atomic E-state index is 10.8. The van der Waals surface area contributed by atoms with E-state index in [0.717, 1.165) is 0 Å². The van der Waals surface area contributed by atoms with Gasteiger partial charge in [0.25, 0.3) is 5.69 Å². The number of para-hydroxylation sites is 3. The van der Waals surface area contributed by atoms with Crippen molar-refractivity contribution in [1.82, 2.24) is 0 Å². The van der Waals surface area contributed by atoms with E-state index in [1.165, 1.54) is 18.3 Å². The number of nitrogens with zero attached hydrogens (tertiary/aromatic N) is 2. The number of benzene rings is 2. The zero-order valence-corrected chi connectivity index (χ0v) is 10.7. The Hall–Kier alpha value is -2.18. The molecule has 2 rings (SSSR count). The molecule has 0 amide bonds. The zero-order valence-electron chi connectivity index (χ0n) is 9.69. The van der Waals surface area contributed by atoms with Gasteiger partial charge >= 0.3 is 0 Å². The van der Waals surface area contributed by atoms with Crippen LogP contribution in [0.4, 0.5) is 11.4 Å². The first-order valence-electron chi connectivity index (χ1n) is 5.24. The third-order valence-electron chi connectivity index (χ3n) is 2.36. The number of rotatable bonds is 3. The molecule has 0 aliphatic carbocycles. The van der Waals surface area contributed by atoms with E-state index in [4.69, 9.17) is 0 Å². The Balaban J connectivity index is 0.00000180. The maximum atomic E-state index is 10.8. The summed E-state index contributed by atoms with van der Waals surface area (Å²) in [6.45, 7) is 0. The molecule has 0 bridgehead atoms. The number of phenols is 1. The number of phenolic OH excluding ortho intramolecular Hbond substituents is 1. The third kappa shape index (κ3) is 3.64. The van der Waals surface area contributed by atoms with Gasteiger partial charge in [0.15, 0.2) is 0 Å². The number of aliphatic imine (C=N–C) groups is 1. The van der Waals surface area contributed by atoms with E-state index in [2.05, 4.69) is 4.99 Å². The SMILES string of the molecule is O=[N+]([O-])c1ccccc1N=Cc1ccccc1O.[Co]. The van der Waals surface area contributed by atoms with Gasteiger partial charge < -0.3 is 5.11 Å². The molecule has 0 fully saturated rings. The summed E-state index contributed by atoms with van der Waals surface area (Å²) >= 11 is 0. The van der Waals surface area contributed by atoms with Gasteiger partial charge in [-0.2, -0.15) is 0 Å². The number of hydrogen-bond acceptors (Lipinski definition) is 4. The molecule has 0 atom stereocenters. The second-order valence-corrected chi connectivity index (χ2v) is 3.56. The van der Waals surface area contributed by atoms with E-state index in [0.29, 0.717) is 5.56 Å². The minimum atomic E-state index is -0.489. The molecule has 1 radical (unpaired) electrons. The average molecular weight is 301 g/mol. The fourth-order valence-electron chi connectivity index (χ4n) is 1.46. The van der Waals surface area contributed by atoms with Crippen LogP contribution in [0.3, 0.4) is 0 Å². The van der Waals surface area contributed by atoms with Crippen molar-refractivity contribution in [2.75, 3.05) is 0 Å². The van der Waals surface area contributed by atoms with Gasteiger partial charge in [-0.1, -0.05) is 24.3 Å². The van der Waals surface area contributed by atoms with Gasteiger partial charge in [0.05, 0.1) is 4.92 Å². The van der Waals surface area contributed by atoms with Gasteiger partial charge in [-0.15, -0.1) is 0 Å². The zero-order chi connectivity index (χ0) is 13.0. The molecule has 19 heavy (non-hydrogen) atoms. The van der Waals surface area contributed by atoms with Crippen LogP contribution in [-0.2, 0) is 16.8 Å². The molecular weight excluding hydrogens is 291 g/mol. The smallest absolute Gasteiger partial charge is 0.294 e. The Morgan fingerprint density at radius 3 is 2.42 bits per heavy atom. The molecule has 0 saturated heterocycles. The molecule has 2 aromatic carbocycles. The predicted octanol–water partition coefficient (Wildman–Crippen LogP) is 3.05. The van der Waals surface area contributed by atoms with Crippen LogP contribution in [0.5, 0.6) is 5.75 Å². The molecule has 2 aromatic rings. The Morgan fingerprint density at radius 1 is 1.11 bits per heavy atom. The Morgan fingerprint density at radius 2 is 1.74 bits per heavy atom. The van der Waals surface area contributed by atoms with E-state index in [-0.39, 0.29) is 33.9 Å². The van der Waals surface area contributed by atoms with E-state index in [9.17, 15) is 15.2 Å². The second-order valence-electron chi connectivity index (χ2n) is 3.56. The monoisotopic (exact) mass is 301 g/mol. The van der Waals surface area contributed by atoms with E-state index in [1.54, 1.807) is 36.4 Å². The summed E-state index contributed by atoms with van der Waals surface area (Å²) in [5.41, 5.74) is 0.700. The average Bonchev–Trinajstić information content (AvgIpc) is 2.38. The van der Waals surface area contributed by atoms with Gasteiger partial charge in [-0.3, -0.25) is 10.1 Å². The maximum Gasteiger partial charge on any atom is 0.294 e. The number of nitro groups is 1. The summed E-state index contributed by atoms with van der Waals surface area (Å²) in [7, 11) is 0. The normalized spacial score (nSPS) is 10.1. The van der Waals surface area contributed by atoms with Crippen molar-refractivity contribution in [3.8, 4) is 5.75 Å². The third-order valence-corrected chi connectivity index (χ3v) is 2.36. The van der Waals surface area contributed by atoms with Crippen LogP contribution in [0.2, 0.25) is 0 Å². The summed E-state index contributed by atoms with van der Waals surface area (Å²) in [5.74, 6) is 0.0832. The predicted molar refractivity (Wildman–Crippen MR) is 68.5 cm³/mol. The van der Waals surface area contributed by atoms with Crippen LogP contribution < -0.4 is 0 Å². The van der Waals surface area contributed by atoms with Crippen molar-refractivity contribution in [2.45, 2.75) is 0 Å². The Bertz CT molecular complexity index is 614. The molecular formula is C13H10CoN2O3.